The molecule has 1 aromatic carbocycles. The van der Waals surface area contributed by atoms with Crippen LogP contribution in [0.25, 0.3) is 0 Å². The Hall–Kier alpha value is -3.27. The lowest BCUT2D eigenvalue weighted by molar-refractivity contribution is -0.137. The number of carbonyl (C=O) groups excluding carboxylic acids is 2. The highest BCUT2D eigenvalue weighted by Crippen LogP contribution is 2.42. The van der Waals surface area contributed by atoms with E-state index in [1.165, 1.54) is 0 Å². The molecule has 0 atom stereocenters. The van der Waals surface area contributed by atoms with Gasteiger partial charge in [0, 0.05) is 67.2 Å². The number of aromatic nitrogens is 1. The van der Waals surface area contributed by atoms with Crippen LogP contribution in [0, 0.1) is 5.41 Å². The largest absolute Gasteiger partial charge is 0.491 e. The molecule has 0 amide bonds. The highest BCUT2D eigenvalue weighted by molar-refractivity contribution is 8.93. The first-order valence-electron chi connectivity index (χ1n) is 14.7. The second-order valence-electron chi connectivity index (χ2n) is 12.5. The van der Waals surface area contributed by atoms with Crippen molar-refractivity contribution in [1.29, 1.82) is 5.41 Å². The van der Waals surface area contributed by atoms with E-state index in [4.69, 9.17) is 20.2 Å². The molecular weight excluding hydrogens is 600 g/mol. The molecular formula is C32H41BrN4O5. The van der Waals surface area contributed by atoms with Crippen LogP contribution in [0.1, 0.15) is 105 Å². The summed E-state index contributed by atoms with van der Waals surface area (Å²) in [6.45, 7) is 8.26. The number of carboxylic acids is 1. The fourth-order valence-electron chi connectivity index (χ4n) is 5.54. The van der Waals surface area contributed by atoms with Gasteiger partial charge < -0.3 is 19.6 Å². The number of pyridine rings is 1. The first-order valence-corrected chi connectivity index (χ1v) is 14.7. The van der Waals surface area contributed by atoms with Crippen LogP contribution >= 0.6 is 17.0 Å². The average Bonchev–Trinajstić information content (AvgIpc) is 3.73. The normalized spacial score (nSPS) is 16.7. The number of ketones is 2. The second kappa shape index (κ2) is 12.9. The van der Waals surface area contributed by atoms with Gasteiger partial charge in [0.15, 0.2) is 5.78 Å². The number of hydrogen-bond donors (Lipinski definition) is 2. The number of piperidine rings is 1. The van der Waals surface area contributed by atoms with Gasteiger partial charge in [0.05, 0.1) is 18.8 Å². The summed E-state index contributed by atoms with van der Waals surface area (Å²) in [5.74, 6) is 0.806. The van der Waals surface area contributed by atoms with Crippen molar-refractivity contribution in [3.05, 3.63) is 52.3 Å². The molecule has 10 heteroatoms. The molecule has 1 aromatic heterocycles. The molecule has 2 aliphatic heterocycles. The molecule has 0 radical (unpaired) electrons. The van der Waals surface area contributed by atoms with Crippen LogP contribution in [0.5, 0.6) is 5.75 Å². The molecule has 0 spiro atoms. The standard InChI is InChI=1S/C32H40N4O5.BrH/c1-32(2,3)24-16-22(27(38)19-36-18-21-9-10-25(20-7-8-20)34-29(21)31(36)33)17-26(35-13-11-23(37)12-14-35)30(24)41-15-5-4-6-28(39)40;/h9-10,16-17,20,33H,4-8,11-15,18-19H2,1-3H3,(H,39,40);1H. The molecule has 3 aliphatic rings. The first kappa shape index (κ1) is 31.7. The Morgan fingerprint density at radius 1 is 1.12 bits per heavy atom. The topological polar surface area (TPSA) is 124 Å². The average molecular weight is 642 g/mol. The first-order chi connectivity index (χ1) is 19.5. The van der Waals surface area contributed by atoms with Gasteiger partial charge in [0.2, 0.25) is 0 Å². The van der Waals surface area contributed by atoms with E-state index in [1.54, 1.807) is 4.90 Å². The van der Waals surface area contributed by atoms with Gasteiger partial charge in [0.25, 0.3) is 0 Å². The van der Waals surface area contributed by atoms with Crippen LogP contribution in [0.3, 0.4) is 0 Å². The summed E-state index contributed by atoms with van der Waals surface area (Å²) in [7, 11) is 0. The molecule has 0 bridgehead atoms. The van der Waals surface area contributed by atoms with E-state index in [0.717, 1.165) is 35.3 Å². The van der Waals surface area contributed by atoms with Gasteiger partial charge >= 0.3 is 5.97 Å². The number of nitrogens with one attached hydrogen (secondary N) is 1. The van der Waals surface area contributed by atoms with Crippen molar-refractivity contribution < 1.29 is 24.2 Å². The van der Waals surface area contributed by atoms with Crippen LogP contribution in [-0.2, 0) is 21.5 Å². The minimum absolute atomic E-state index is 0. The molecule has 2 aromatic rings. The molecule has 42 heavy (non-hydrogen) atoms. The summed E-state index contributed by atoms with van der Waals surface area (Å²) in [6, 6.07) is 7.88. The van der Waals surface area contributed by atoms with Gasteiger partial charge in [-0.1, -0.05) is 26.8 Å². The minimum Gasteiger partial charge on any atom is -0.491 e. The number of anilines is 1. The number of ether oxygens (including phenoxy) is 1. The number of Topliss-reactive ketones (excluding diaryl/α,β-unsaturated/α-hetero) is 2. The lowest BCUT2D eigenvalue weighted by Gasteiger charge is -2.33. The number of amidine groups is 1. The number of aliphatic carboxylic acids is 1. The SMILES string of the molecule is Br.CC(C)(C)c1cc(C(=O)CN2Cc3ccc(C4CC4)nc3C2=N)cc(N2CCC(=O)CC2)c1OCCCCC(=O)O. The number of benzene rings is 1. The van der Waals surface area contributed by atoms with Crippen molar-refractivity contribution in [2.75, 3.05) is 31.1 Å². The van der Waals surface area contributed by atoms with Crippen molar-refractivity contribution in [3.63, 3.8) is 0 Å². The summed E-state index contributed by atoms with van der Waals surface area (Å²) in [4.78, 5) is 45.4. The zero-order chi connectivity index (χ0) is 29.3. The van der Waals surface area contributed by atoms with E-state index < -0.39 is 5.97 Å². The van der Waals surface area contributed by atoms with Gasteiger partial charge in [0.1, 0.15) is 23.1 Å². The van der Waals surface area contributed by atoms with E-state index in [2.05, 4.69) is 31.7 Å². The zero-order valence-electron chi connectivity index (χ0n) is 24.7. The Morgan fingerprint density at radius 3 is 2.48 bits per heavy atom. The second-order valence-corrected chi connectivity index (χ2v) is 12.5. The van der Waals surface area contributed by atoms with Crippen LogP contribution in [0.4, 0.5) is 5.69 Å². The predicted molar refractivity (Wildman–Crippen MR) is 167 cm³/mol. The van der Waals surface area contributed by atoms with Gasteiger partial charge in [-0.2, -0.15) is 0 Å². The number of fused-ring (bicyclic) bond motifs is 1. The number of rotatable bonds is 11. The predicted octanol–water partition coefficient (Wildman–Crippen LogP) is 5.66. The monoisotopic (exact) mass is 640 g/mol. The third kappa shape index (κ3) is 7.19. The van der Waals surface area contributed by atoms with Crippen molar-refractivity contribution in [3.8, 4) is 5.75 Å². The van der Waals surface area contributed by atoms with Crippen LogP contribution in [-0.4, -0.2) is 64.6 Å². The number of hydrogen-bond acceptors (Lipinski definition) is 7. The molecule has 1 saturated heterocycles. The lowest BCUT2D eigenvalue weighted by atomic mass is 9.84. The molecule has 3 heterocycles. The van der Waals surface area contributed by atoms with Gasteiger partial charge in [-0.3, -0.25) is 19.8 Å². The van der Waals surface area contributed by atoms with Crippen LogP contribution in [0.15, 0.2) is 24.3 Å². The third-order valence-corrected chi connectivity index (χ3v) is 8.12. The van der Waals surface area contributed by atoms with Crippen molar-refractivity contribution in [2.45, 2.75) is 83.6 Å². The molecule has 0 unspecified atom stereocenters. The summed E-state index contributed by atoms with van der Waals surface area (Å²) >= 11 is 0. The van der Waals surface area contributed by atoms with Crippen LogP contribution in [0.2, 0.25) is 0 Å². The van der Waals surface area contributed by atoms with Crippen LogP contribution < -0.4 is 9.64 Å². The molecule has 5 rings (SSSR count). The number of halogens is 1. The van der Waals surface area contributed by atoms with Gasteiger partial charge in [-0.15, -0.1) is 17.0 Å². The van der Waals surface area contributed by atoms with E-state index >= 15 is 0 Å². The Balaban J connectivity index is 0.00000405. The maximum Gasteiger partial charge on any atom is 0.303 e. The van der Waals surface area contributed by atoms with E-state index in [0.29, 0.717) is 80.7 Å². The number of carbonyl (C=O) groups is 3. The maximum absolute atomic E-state index is 13.8. The van der Waals surface area contributed by atoms with Crippen molar-refractivity contribution >= 4 is 46.0 Å². The molecule has 2 N–H and O–H groups in total. The Bertz CT molecular complexity index is 1370. The quantitative estimate of drug-likeness (QED) is 0.238. The molecule has 2 fully saturated rings. The molecule has 9 nitrogen and oxygen atoms in total. The Kier molecular flexibility index (Phi) is 9.75. The van der Waals surface area contributed by atoms with Gasteiger partial charge in [-0.05, 0) is 49.3 Å². The lowest BCUT2D eigenvalue weighted by Crippen LogP contribution is -2.35. The highest BCUT2D eigenvalue weighted by Gasteiger charge is 2.33. The minimum atomic E-state index is -0.824. The smallest absolute Gasteiger partial charge is 0.303 e. The number of carboxylic acid groups (broad SMARTS) is 1. The molecule has 1 saturated carbocycles. The summed E-state index contributed by atoms with van der Waals surface area (Å²) < 4.78 is 6.34. The van der Waals surface area contributed by atoms with E-state index in [-0.39, 0.29) is 46.9 Å². The molecule has 1 aliphatic carbocycles. The van der Waals surface area contributed by atoms with Gasteiger partial charge in [-0.25, -0.2) is 4.98 Å². The summed E-state index contributed by atoms with van der Waals surface area (Å²) in [5, 5.41) is 17.7. The van der Waals surface area contributed by atoms with Crippen molar-refractivity contribution in [2.24, 2.45) is 0 Å². The fraction of sp³-hybridized carbons (Fsp3) is 0.531. The Morgan fingerprint density at radius 2 is 1.83 bits per heavy atom. The summed E-state index contributed by atoms with van der Waals surface area (Å²) in [5.41, 5.74) is 4.60. The molecule has 226 valence electrons. The third-order valence-electron chi connectivity index (χ3n) is 8.12. The fourth-order valence-corrected chi connectivity index (χ4v) is 5.54. The number of nitrogens with zero attached hydrogens (tertiary/aromatic N) is 3. The maximum atomic E-state index is 13.8. The Labute approximate surface area is 257 Å². The number of unbranched alkanes of at least 4 members (excludes halogenated alkanes) is 1. The summed E-state index contributed by atoms with van der Waals surface area (Å²) in [6.07, 6.45) is 4.39. The van der Waals surface area contributed by atoms with Crippen molar-refractivity contribution in [1.82, 2.24) is 9.88 Å². The van der Waals surface area contributed by atoms with E-state index in [9.17, 15) is 14.4 Å². The zero-order valence-corrected chi connectivity index (χ0v) is 26.4. The highest BCUT2D eigenvalue weighted by atomic mass is 79.9. The van der Waals surface area contributed by atoms with E-state index in [1.807, 2.05) is 18.2 Å².